The number of nitrogens with zero attached hydrogens (tertiary/aromatic N) is 1. The highest BCUT2D eigenvalue weighted by Gasteiger charge is 1.91. The van der Waals surface area contributed by atoms with Gasteiger partial charge in [-0.05, 0) is 19.1 Å². The molecule has 0 N–H and O–H groups in total. The number of hydrogen-bond donors (Lipinski definition) is 0. The summed E-state index contributed by atoms with van der Waals surface area (Å²) in [5.41, 5.74) is 1.77. The Hall–Kier alpha value is -0.915. The van der Waals surface area contributed by atoms with Crippen LogP contribution >= 0.6 is 0 Å². The summed E-state index contributed by atoms with van der Waals surface area (Å²) in [7, 11) is 9.51. The van der Waals surface area contributed by atoms with E-state index in [1.165, 1.54) is 0 Å². The van der Waals surface area contributed by atoms with Crippen molar-refractivity contribution in [2.75, 3.05) is 14.1 Å². The first-order valence-electron chi connectivity index (χ1n) is 3.55. The number of allylic oxidation sites excluding steroid dienone is 4. The molecular formula is C9H14BN. The average Bonchev–Trinajstić information content (AvgIpc) is 1.99. The van der Waals surface area contributed by atoms with Gasteiger partial charge in [-0.3, -0.25) is 0 Å². The van der Waals surface area contributed by atoms with Crippen LogP contribution in [0.15, 0.2) is 36.0 Å². The molecule has 0 saturated heterocycles. The third kappa shape index (κ3) is 3.71. The third-order valence-corrected chi connectivity index (χ3v) is 1.37. The standard InChI is InChI=1S/C9H14BN/c1-5-8(10)7-9(6-2)11(3)4/h5-7H,2H2,1,3-4H3/b8-5+,9-7+. The smallest absolute Gasteiger partial charge is 0.113 e. The summed E-state index contributed by atoms with van der Waals surface area (Å²) in [6.45, 7) is 5.58. The first-order chi connectivity index (χ1) is 5.11. The molecule has 0 aromatic heterocycles. The van der Waals surface area contributed by atoms with Gasteiger partial charge in [0.2, 0.25) is 0 Å². The van der Waals surface area contributed by atoms with E-state index in [2.05, 4.69) is 6.58 Å². The van der Waals surface area contributed by atoms with Crippen molar-refractivity contribution in [2.45, 2.75) is 6.92 Å². The van der Waals surface area contributed by atoms with Crippen LogP contribution in [0.2, 0.25) is 0 Å². The Balaban J connectivity index is 4.48. The van der Waals surface area contributed by atoms with E-state index < -0.39 is 0 Å². The molecule has 0 aromatic rings. The van der Waals surface area contributed by atoms with Crippen molar-refractivity contribution in [3.63, 3.8) is 0 Å². The third-order valence-electron chi connectivity index (χ3n) is 1.37. The summed E-state index contributed by atoms with van der Waals surface area (Å²) in [5.74, 6) is 0. The summed E-state index contributed by atoms with van der Waals surface area (Å²) in [5, 5.41) is 0. The minimum absolute atomic E-state index is 0.758. The Morgan fingerprint density at radius 2 is 2.00 bits per heavy atom. The number of hydrogen-bond acceptors (Lipinski definition) is 1. The highest BCUT2D eigenvalue weighted by Crippen LogP contribution is 2.02. The Labute approximate surface area is 70.5 Å². The van der Waals surface area contributed by atoms with Gasteiger partial charge in [0.15, 0.2) is 0 Å². The van der Waals surface area contributed by atoms with E-state index in [1.54, 1.807) is 6.08 Å². The summed E-state index contributed by atoms with van der Waals surface area (Å²) < 4.78 is 0. The molecule has 0 rings (SSSR count). The first-order valence-corrected chi connectivity index (χ1v) is 3.55. The maximum absolute atomic E-state index is 5.60. The van der Waals surface area contributed by atoms with Crippen LogP contribution in [0, 0.1) is 0 Å². The van der Waals surface area contributed by atoms with Crippen molar-refractivity contribution >= 4 is 7.85 Å². The zero-order valence-corrected chi connectivity index (χ0v) is 7.46. The van der Waals surface area contributed by atoms with Crippen molar-refractivity contribution in [1.29, 1.82) is 0 Å². The Morgan fingerprint density at radius 1 is 1.45 bits per heavy atom. The molecule has 0 heterocycles. The SMILES string of the molecule is [B]C(=C/C)/C=C(\C=C)N(C)C. The van der Waals surface area contributed by atoms with Crippen LogP contribution in [-0.4, -0.2) is 26.8 Å². The van der Waals surface area contributed by atoms with Gasteiger partial charge in [0.25, 0.3) is 0 Å². The summed E-state index contributed by atoms with van der Waals surface area (Å²) in [4.78, 5) is 1.96. The van der Waals surface area contributed by atoms with Gasteiger partial charge in [-0.15, -0.1) is 0 Å². The van der Waals surface area contributed by atoms with Crippen LogP contribution < -0.4 is 0 Å². The molecule has 2 radical (unpaired) electrons. The molecule has 58 valence electrons. The highest BCUT2D eigenvalue weighted by atomic mass is 15.1. The lowest BCUT2D eigenvalue weighted by Crippen LogP contribution is -2.09. The van der Waals surface area contributed by atoms with E-state index in [1.807, 2.05) is 38.1 Å². The van der Waals surface area contributed by atoms with Gasteiger partial charge in [0, 0.05) is 19.8 Å². The van der Waals surface area contributed by atoms with Gasteiger partial charge in [-0.2, -0.15) is 0 Å². The minimum Gasteiger partial charge on any atom is -0.378 e. The number of likely N-dealkylation sites (N-methyl/N-ethyl adjacent to an activating group) is 1. The molecule has 0 amide bonds. The summed E-state index contributed by atoms with van der Waals surface area (Å²) in [6, 6.07) is 0. The molecule has 0 aliphatic carbocycles. The maximum Gasteiger partial charge on any atom is 0.113 e. The average molecular weight is 147 g/mol. The molecule has 0 fully saturated rings. The predicted molar refractivity (Wildman–Crippen MR) is 51.5 cm³/mol. The Bertz CT molecular complexity index is 190. The number of rotatable bonds is 3. The zero-order chi connectivity index (χ0) is 8.85. The molecule has 0 atom stereocenters. The molecule has 11 heavy (non-hydrogen) atoms. The van der Waals surface area contributed by atoms with E-state index in [0.717, 1.165) is 11.2 Å². The molecule has 2 heteroatoms. The van der Waals surface area contributed by atoms with Crippen LogP contribution in [0.25, 0.3) is 0 Å². The fraction of sp³-hybridized carbons (Fsp3) is 0.333. The van der Waals surface area contributed by atoms with Crippen molar-refractivity contribution in [2.24, 2.45) is 0 Å². The fourth-order valence-electron chi connectivity index (χ4n) is 0.625. The molecule has 0 spiro atoms. The summed E-state index contributed by atoms with van der Waals surface area (Å²) in [6.07, 6.45) is 5.51. The van der Waals surface area contributed by atoms with Gasteiger partial charge < -0.3 is 4.90 Å². The van der Waals surface area contributed by atoms with Gasteiger partial charge in [-0.25, -0.2) is 0 Å². The van der Waals surface area contributed by atoms with Gasteiger partial charge in [0.05, 0.1) is 0 Å². The molecule has 0 aliphatic heterocycles. The second-order valence-electron chi connectivity index (χ2n) is 2.46. The first kappa shape index (κ1) is 10.1. The fourth-order valence-corrected chi connectivity index (χ4v) is 0.625. The van der Waals surface area contributed by atoms with Crippen LogP contribution in [-0.2, 0) is 0 Å². The second-order valence-corrected chi connectivity index (χ2v) is 2.46. The lowest BCUT2D eigenvalue weighted by Gasteiger charge is -2.13. The largest absolute Gasteiger partial charge is 0.378 e. The van der Waals surface area contributed by atoms with E-state index in [4.69, 9.17) is 7.85 Å². The van der Waals surface area contributed by atoms with Crippen molar-refractivity contribution in [3.05, 3.63) is 36.0 Å². The Kier molecular flexibility index (Phi) is 4.43. The Morgan fingerprint density at radius 3 is 2.27 bits per heavy atom. The molecule has 0 aromatic carbocycles. The highest BCUT2D eigenvalue weighted by molar-refractivity contribution is 6.23. The normalized spacial score (nSPS) is 13.0. The van der Waals surface area contributed by atoms with E-state index >= 15 is 0 Å². The summed E-state index contributed by atoms with van der Waals surface area (Å²) >= 11 is 0. The van der Waals surface area contributed by atoms with Crippen LogP contribution in [0.5, 0.6) is 0 Å². The van der Waals surface area contributed by atoms with Crippen LogP contribution in [0.1, 0.15) is 6.92 Å². The van der Waals surface area contributed by atoms with Crippen LogP contribution in [0.3, 0.4) is 0 Å². The van der Waals surface area contributed by atoms with Crippen LogP contribution in [0.4, 0.5) is 0 Å². The van der Waals surface area contributed by atoms with Crippen molar-refractivity contribution < 1.29 is 0 Å². The predicted octanol–water partition coefficient (Wildman–Crippen LogP) is 1.69. The lowest BCUT2D eigenvalue weighted by molar-refractivity contribution is 0.530. The quantitative estimate of drug-likeness (QED) is 0.433. The lowest BCUT2D eigenvalue weighted by atomic mass is 9.94. The van der Waals surface area contributed by atoms with Gasteiger partial charge >= 0.3 is 0 Å². The molecule has 0 unspecified atom stereocenters. The van der Waals surface area contributed by atoms with Gasteiger partial charge in [0.1, 0.15) is 7.85 Å². The maximum atomic E-state index is 5.60. The second kappa shape index (κ2) is 4.83. The molecule has 0 bridgehead atoms. The monoisotopic (exact) mass is 147 g/mol. The topological polar surface area (TPSA) is 3.24 Å². The van der Waals surface area contributed by atoms with E-state index in [-0.39, 0.29) is 0 Å². The van der Waals surface area contributed by atoms with E-state index in [9.17, 15) is 0 Å². The van der Waals surface area contributed by atoms with Crippen molar-refractivity contribution in [3.8, 4) is 0 Å². The molecule has 0 aliphatic rings. The van der Waals surface area contributed by atoms with Crippen molar-refractivity contribution in [1.82, 2.24) is 4.90 Å². The molecule has 1 nitrogen and oxygen atoms in total. The van der Waals surface area contributed by atoms with E-state index in [0.29, 0.717) is 0 Å². The minimum atomic E-state index is 0.758. The molecular weight excluding hydrogens is 133 g/mol. The van der Waals surface area contributed by atoms with Gasteiger partial charge in [-0.1, -0.05) is 18.1 Å². The molecule has 0 saturated carbocycles. The zero-order valence-electron chi connectivity index (χ0n) is 7.46.